The average Bonchev–Trinajstić information content (AvgIpc) is 3.18. The average molecular weight is 517 g/mol. The van der Waals surface area contributed by atoms with Gasteiger partial charge in [0.15, 0.2) is 5.65 Å². The highest BCUT2D eigenvalue weighted by Gasteiger charge is 2.30. The molecule has 1 amide bonds. The van der Waals surface area contributed by atoms with Gasteiger partial charge in [-0.05, 0) is 30.3 Å². The van der Waals surface area contributed by atoms with Gasteiger partial charge in [-0.1, -0.05) is 36.4 Å². The number of fused-ring (bicyclic) bond motifs is 2. The predicted octanol–water partition coefficient (Wildman–Crippen LogP) is 3.34. The molecule has 0 spiro atoms. The van der Waals surface area contributed by atoms with Gasteiger partial charge in [-0.25, -0.2) is 18.4 Å². The number of nitrogen functional groups attached to an aromatic ring is 1. The molecule has 12 heteroatoms. The van der Waals surface area contributed by atoms with Crippen LogP contribution in [0.15, 0.2) is 88.7 Å². The number of aromatic nitrogens is 3. The number of nitro benzene ring substituents is 1. The van der Waals surface area contributed by atoms with E-state index >= 15 is 0 Å². The zero-order chi connectivity index (χ0) is 26.2. The monoisotopic (exact) mass is 516 g/mol. The van der Waals surface area contributed by atoms with Crippen LogP contribution < -0.4 is 11.1 Å². The summed E-state index contributed by atoms with van der Waals surface area (Å²) in [7, 11) is -4.04. The Kier molecular flexibility index (Phi) is 6.01. The van der Waals surface area contributed by atoms with Gasteiger partial charge in [-0.2, -0.15) is 0 Å². The van der Waals surface area contributed by atoms with Crippen molar-refractivity contribution in [3.05, 3.63) is 94.5 Å². The van der Waals surface area contributed by atoms with E-state index in [1.54, 1.807) is 42.5 Å². The number of hydrogen-bond acceptors (Lipinski definition) is 8. The molecule has 2 heterocycles. The molecule has 5 aromatic rings. The first kappa shape index (κ1) is 23.9. The smallest absolute Gasteiger partial charge is 0.270 e. The summed E-state index contributed by atoms with van der Waals surface area (Å²) in [5.74, 6) is -0.578. The second kappa shape index (κ2) is 9.32. The molecule has 11 nitrogen and oxygen atoms in total. The number of non-ortho nitro benzene ring substituents is 1. The highest BCUT2D eigenvalue weighted by molar-refractivity contribution is 7.92. The van der Waals surface area contributed by atoms with E-state index in [4.69, 9.17) is 5.73 Å². The molecule has 0 radical (unpaired) electrons. The third kappa shape index (κ3) is 4.34. The summed E-state index contributed by atoms with van der Waals surface area (Å²) in [6.45, 7) is 0.134. The first-order valence-electron chi connectivity index (χ1n) is 11.1. The van der Waals surface area contributed by atoms with E-state index < -0.39 is 20.7 Å². The van der Waals surface area contributed by atoms with Crippen LogP contribution in [0.1, 0.15) is 10.4 Å². The van der Waals surface area contributed by atoms with Crippen LogP contribution >= 0.6 is 0 Å². The van der Waals surface area contributed by atoms with Crippen molar-refractivity contribution < 1.29 is 18.1 Å². The van der Waals surface area contributed by atoms with Crippen LogP contribution in [0.4, 0.5) is 11.5 Å². The molecule has 3 N–H and O–H groups in total. The van der Waals surface area contributed by atoms with Crippen LogP contribution in [-0.4, -0.2) is 40.3 Å². The van der Waals surface area contributed by atoms with Crippen LogP contribution in [0, 0.1) is 10.1 Å². The number of nitro groups is 1. The van der Waals surface area contributed by atoms with Gasteiger partial charge in [0.25, 0.3) is 11.6 Å². The molecule has 0 saturated carbocycles. The molecule has 5 rings (SSSR count). The first-order valence-corrected chi connectivity index (χ1v) is 12.6. The molecule has 0 saturated heterocycles. The van der Waals surface area contributed by atoms with Crippen LogP contribution in [0.5, 0.6) is 0 Å². The van der Waals surface area contributed by atoms with Gasteiger partial charge in [-0.15, -0.1) is 0 Å². The Morgan fingerprint density at radius 2 is 1.65 bits per heavy atom. The molecule has 2 aromatic heterocycles. The number of amides is 1. The number of hydrogen-bond donors (Lipinski definition) is 2. The molecule has 0 aliphatic rings. The van der Waals surface area contributed by atoms with Gasteiger partial charge in [0, 0.05) is 30.8 Å². The minimum atomic E-state index is -4.04. The van der Waals surface area contributed by atoms with E-state index in [2.05, 4.69) is 15.3 Å². The summed E-state index contributed by atoms with van der Waals surface area (Å²) < 4.78 is 28.7. The van der Waals surface area contributed by atoms with Crippen molar-refractivity contribution >= 4 is 49.4 Å². The Morgan fingerprint density at radius 1 is 0.973 bits per heavy atom. The molecule has 186 valence electrons. The second-order valence-electron chi connectivity index (χ2n) is 8.13. The SMILES string of the molecule is Nc1c(S(=O)(=O)c2ccccc2)c2nc3ccccc3nc2n1CCNC(=O)c1cccc([N+](=O)[O-])c1. The van der Waals surface area contributed by atoms with E-state index in [1.807, 2.05) is 0 Å². The van der Waals surface area contributed by atoms with Crippen LogP contribution in [0.3, 0.4) is 0 Å². The van der Waals surface area contributed by atoms with Gasteiger partial charge in [0.1, 0.15) is 16.2 Å². The number of anilines is 1. The molecule has 0 unspecified atom stereocenters. The molecule has 3 aromatic carbocycles. The fourth-order valence-electron chi connectivity index (χ4n) is 4.04. The lowest BCUT2D eigenvalue weighted by Crippen LogP contribution is -2.27. The molecule has 0 fully saturated rings. The van der Waals surface area contributed by atoms with E-state index in [-0.39, 0.29) is 51.1 Å². The summed E-state index contributed by atoms with van der Waals surface area (Å²) >= 11 is 0. The summed E-state index contributed by atoms with van der Waals surface area (Å²) in [5, 5.41) is 13.7. The number of carbonyl (C=O) groups is 1. The predicted molar refractivity (Wildman–Crippen MR) is 137 cm³/mol. The van der Waals surface area contributed by atoms with Gasteiger partial charge < -0.3 is 15.6 Å². The third-order valence-corrected chi connectivity index (χ3v) is 7.64. The van der Waals surface area contributed by atoms with Crippen molar-refractivity contribution in [2.45, 2.75) is 16.3 Å². The number of nitrogens with one attached hydrogen (secondary N) is 1. The minimum Gasteiger partial charge on any atom is -0.384 e. The van der Waals surface area contributed by atoms with Crippen molar-refractivity contribution in [3.8, 4) is 0 Å². The Morgan fingerprint density at radius 3 is 2.35 bits per heavy atom. The largest absolute Gasteiger partial charge is 0.384 e. The maximum absolute atomic E-state index is 13.6. The highest BCUT2D eigenvalue weighted by Crippen LogP contribution is 2.35. The molecule has 37 heavy (non-hydrogen) atoms. The van der Waals surface area contributed by atoms with Crippen molar-refractivity contribution in [2.24, 2.45) is 0 Å². The molecule has 0 bridgehead atoms. The zero-order valence-corrected chi connectivity index (χ0v) is 20.1. The molecule has 0 aliphatic carbocycles. The van der Waals surface area contributed by atoms with Gasteiger partial charge >= 0.3 is 0 Å². The third-order valence-electron chi connectivity index (χ3n) is 5.81. The number of rotatable bonds is 7. The number of nitrogens with two attached hydrogens (primary N) is 1. The van der Waals surface area contributed by atoms with Crippen LogP contribution in [0.25, 0.3) is 22.2 Å². The summed E-state index contributed by atoms with van der Waals surface area (Å²) in [5.41, 5.74) is 7.77. The summed E-state index contributed by atoms with van der Waals surface area (Å²) in [6.07, 6.45) is 0. The fourth-order valence-corrected chi connectivity index (χ4v) is 5.57. The number of benzene rings is 3. The maximum atomic E-state index is 13.6. The van der Waals surface area contributed by atoms with Crippen molar-refractivity contribution in [1.29, 1.82) is 0 Å². The maximum Gasteiger partial charge on any atom is 0.270 e. The summed E-state index contributed by atoms with van der Waals surface area (Å²) in [4.78, 5) is 32.1. The quantitative estimate of drug-likeness (QED) is 0.246. The fraction of sp³-hybridized carbons (Fsp3) is 0.0800. The van der Waals surface area contributed by atoms with Crippen LogP contribution in [-0.2, 0) is 16.4 Å². The second-order valence-corrected chi connectivity index (χ2v) is 10.0. The molecular formula is C25H20N6O5S. The normalized spacial score (nSPS) is 11.6. The number of para-hydroxylation sites is 2. The highest BCUT2D eigenvalue weighted by atomic mass is 32.2. The van der Waals surface area contributed by atoms with Crippen molar-refractivity contribution in [2.75, 3.05) is 12.3 Å². The number of carbonyl (C=O) groups excluding carboxylic acids is 1. The lowest BCUT2D eigenvalue weighted by atomic mass is 10.2. The topological polar surface area (TPSA) is 163 Å². The molecule has 0 aliphatic heterocycles. The zero-order valence-electron chi connectivity index (χ0n) is 19.2. The van der Waals surface area contributed by atoms with E-state index in [0.29, 0.717) is 11.0 Å². The molecular weight excluding hydrogens is 496 g/mol. The van der Waals surface area contributed by atoms with E-state index in [0.717, 1.165) is 0 Å². The molecule has 0 atom stereocenters. The Bertz CT molecular complexity index is 1780. The Balaban J connectivity index is 1.54. The summed E-state index contributed by atoms with van der Waals surface area (Å²) in [6, 6.07) is 20.3. The number of nitrogens with zero attached hydrogens (tertiary/aromatic N) is 4. The van der Waals surface area contributed by atoms with Gasteiger partial charge in [0.2, 0.25) is 9.84 Å². The lowest BCUT2D eigenvalue weighted by Gasteiger charge is -2.10. The van der Waals surface area contributed by atoms with E-state index in [9.17, 15) is 23.3 Å². The van der Waals surface area contributed by atoms with Crippen LogP contribution in [0.2, 0.25) is 0 Å². The first-order chi connectivity index (χ1) is 17.8. The lowest BCUT2D eigenvalue weighted by molar-refractivity contribution is -0.384. The van der Waals surface area contributed by atoms with Gasteiger partial charge in [-0.3, -0.25) is 14.9 Å². The number of sulfone groups is 1. The Labute approximate surface area is 210 Å². The van der Waals surface area contributed by atoms with E-state index in [1.165, 1.54) is 41.0 Å². The standard InChI is InChI=1S/C25H20N6O5S/c26-23-22(37(35,36)18-9-2-1-3-10-18)21-24(29-20-12-5-4-11-19(20)28-21)30(23)14-13-27-25(32)16-7-6-8-17(15-16)31(33)34/h1-12,15H,13-14,26H2,(H,27,32). The van der Waals surface area contributed by atoms with Crippen molar-refractivity contribution in [1.82, 2.24) is 19.9 Å². The van der Waals surface area contributed by atoms with Gasteiger partial charge in [0.05, 0.1) is 20.9 Å². The Hall–Kier alpha value is -4.84. The van der Waals surface area contributed by atoms with Crippen molar-refractivity contribution in [3.63, 3.8) is 0 Å². The minimum absolute atomic E-state index is 0.0504.